The number of carbonyl (C=O) groups excluding carboxylic acids is 2. The number of amides is 2. The van der Waals surface area contributed by atoms with Crippen molar-refractivity contribution in [2.45, 2.75) is 12.8 Å². The Morgan fingerprint density at radius 3 is 2.49 bits per heavy atom. The zero-order chi connectivity index (χ0) is 24.4. The lowest BCUT2D eigenvalue weighted by Gasteiger charge is -2.13. The van der Waals surface area contributed by atoms with Crippen molar-refractivity contribution in [1.29, 1.82) is 0 Å². The van der Waals surface area contributed by atoms with Crippen LogP contribution < -0.4 is 11.1 Å². The van der Waals surface area contributed by atoms with Crippen molar-refractivity contribution < 1.29 is 9.59 Å². The highest BCUT2D eigenvalue weighted by molar-refractivity contribution is 6.24. The Labute approximate surface area is 202 Å². The van der Waals surface area contributed by atoms with Gasteiger partial charge in [0.25, 0.3) is 0 Å². The summed E-state index contributed by atoms with van der Waals surface area (Å²) in [6.45, 7) is 1.88. The Kier molecular flexibility index (Phi) is 5.85. The number of pyridine rings is 1. The summed E-state index contributed by atoms with van der Waals surface area (Å²) in [5.74, 6) is -0.996. The van der Waals surface area contributed by atoms with Crippen LogP contribution in [0.1, 0.15) is 29.5 Å². The Bertz CT molecular complexity index is 1580. The van der Waals surface area contributed by atoms with E-state index in [1.54, 1.807) is 18.5 Å². The first kappa shape index (κ1) is 22.1. The number of aromatic nitrogens is 2. The summed E-state index contributed by atoms with van der Waals surface area (Å²) < 4.78 is 0. The predicted octanol–water partition coefficient (Wildman–Crippen LogP) is 5.48. The van der Waals surface area contributed by atoms with Crippen LogP contribution in [0.25, 0.3) is 33.5 Å². The van der Waals surface area contributed by atoms with Gasteiger partial charge in [0.2, 0.25) is 11.8 Å². The molecule has 35 heavy (non-hydrogen) atoms. The van der Waals surface area contributed by atoms with E-state index in [-0.39, 0.29) is 11.8 Å². The smallest absolute Gasteiger partial charge is 0.249 e. The Morgan fingerprint density at radius 2 is 1.71 bits per heavy atom. The highest BCUT2D eigenvalue weighted by Crippen LogP contribution is 2.27. The summed E-state index contributed by atoms with van der Waals surface area (Å²) in [7, 11) is 0. The van der Waals surface area contributed by atoms with Crippen molar-refractivity contribution in [3.05, 3.63) is 108 Å². The lowest BCUT2D eigenvalue weighted by molar-refractivity contribution is -0.117. The molecule has 172 valence electrons. The van der Waals surface area contributed by atoms with Gasteiger partial charge in [0.15, 0.2) is 0 Å². The zero-order valence-electron chi connectivity index (χ0n) is 19.2. The summed E-state index contributed by atoms with van der Waals surface area (Å²) >= 11 is 0. The first-order chi connectivity index (χ1) is 17.0. The molecule has 1 unspecified atom stereocenters. The Morgan fingerprint density at radius 1 is 0.971 bits per heavy atom. The number of benzene rings is 3. The molecule has 6 heteroatoms. The molecule has 0 saturated heterocycles. The molecule has 0 aliphatic rings. The fraction of sp³-hybridized carbons (Fsp3) is 0.0690. The molecule has 1 atom stereocenters. The summed E-state index contributed by atoms with van der Waals surface area (Å²) in [6, 6.07) is 25.2. The molecule has 6 nitrogen and oxygen atoms in total. The Hall–Kier alpha value is -4.71. The third-order valence-corrected chi connectivity index (χ3v) is 6.15. The highest BCUT2D eigenvalue weighted by Gasteiger charge is 2.17. The molecule has 0 bridgehead atoms. The quantitative estimate of drug-likeness (QED) is 0.292. The maximum absolute atomic E-state index is 13.0. The predicted molar refractivity (Wildman–Crippen MR) is 141 cm³/mol. The number of anilines is 1. The fourth-order valence-corrected chi connectivity index (χ4v) is 4.16. The number of primary amides is 1. The molecule has 5 aromatic rings. The number of hydrogen-bond donors (Lipinski definition) is 3. The largest absolute Gasteiger partial charge is 0.366 e. The number of H-pyrrole nitrogens is 1. The van der Waals surface area contributed by atoms with Crippen LogP contribution in [0.2, 0.25) is 0 Å². The van der Waals surface area contributed by atoms with E-state index in [1.165, 1.54) is 0 Å². The lowest BCUT2D eigenvalue weighted by atomic mass is 9.97. The van der Waals surface area contributed by atoms with Gasteiger partial charge in [-0.25, -0.2) is 4.98 Å². The minimum atomic E-state index is -0.521. The summed E-state index contributed by atoms with van der Waals surface area (Å²) in [5.41, 5.74) is 9.70. The molecule has 2 aromatic heterocycles. The van der Waals surface area contributed by atoms with Crippen LogP contribution in [0.3, 0.4) is 0 Å². The van der Waals surface area contributed by atoms with Crippen LogP contribution in [-0.4, -0.2) is 21.8 Å². The SMILES string of the molecule is CC(C(=O)Nc1cnc2[nH]cc(C=C(C(N)=O)c3ccccc3)c2c1)c1ccc2ccccc2c1. The molecular weight excluding hydrogens is 436 g/mol. The van der Waals surface area contributed by atoms with Gasteiger partial charge in [-0.1, -0.05) is 72.8 Å². The van der Waals surface area contributed by atoms with Gasteiger partial charge >= 0.3 is 0 Å². The summed E-state index contributed by atoms with van der Waals surface area (Å²) in [5, 5.41) is 5.99. The van der Waals surface area contributed by atoms with Crippen molar-refractivity contribution in [2.75, 3.05) is 5.32 Å². The topological polar surface area (TPSA) is 101 Å². The number of nitrogens with zero attached hydrogens (tertiary/aromatic N) is 1. The van der Waals surface area contributed by atoms with Gasteiger partial charge in [0.05, 0.1) is 17.8 Å². The van der Waals surface area contributed by atoms with Gasteiger partial charge < -0.3 is 16.0 Å². The van der Waals surface area contributed by atoms with E-state index >= 15 is 0 Å². The van der Waals surface area contributed by atoms with Crippen molar-refractivity contribution in [3.8, 4) is 0 Å². The monoisotopic (exact) mass is 460 g/mol. The first-order valence-electron chi connectivity index (χ1n) is 11.3. The molecule has 0 spiro atoms. The normalized spacial score (nSPS) is 12.5. The van der Waals surface area contributed by atoms with E-state index in [9.17, 15) is 9.59 Å². The van der Waals surface area contributed by atoms with Crippen LogP contribution in [0, 0.1) is 0 Å². The number of nitrogens with one attached hydrogen (secondary N) is 2. The molecule has 0 saturated carbocycles. The summed E-state index contributed by atoms with van der Waals surface area (Å²) in [4.78, 5) is 32.7. The number of carbonyl (C=O) groups is 2. The fourth-order valence-electron chi connectivity index (χ4n) is 4.16. The van der Waals surface area contributed by atoms with Gasteiger partial charge in [0, 0.05) is 22.7 Å². The van der Waals surface area contributed by atoms with Gasteiger partial charge in [-0.2, -0.15) is 0 Å². The molecule has 0 fully saturated rings. The average Bonchev–Trinajstić information content (AvgIpc) is 3.28. The second kappa shape index (κ2) is 9.27. The minimum Gasteiger partial charge on any atom is -0.366 e. The molecule has 3 aromatic carbocycles. The number of rotatable bonds is 6. The van der Waals surface area contributed by atoms with Gasteiger partial charge in [-0.15, -0.1) is 0 Å². The lowest BCUT2D eigenvalue weighted by Crippen LogP contribution is -2.19. The molecule has 5 rings (SSSR count). The highest BCUT2D eigenvalue weighted by atomic mass is 16.2. The van der Waals surface area contributed by atoms with Crippen molar-refractivity contribution in [3.63, 3.8) is 0 Å². The van der Waals surface area contributed by atoms with Gasteiger partial charge in [0.1, 0.15) is 5.65 Å². The third kappa shape index (κ3) is 4.54. The number of aromatic amines is 1. The van der Waals surface area contributed by atoms with Crippen molar-refractivity contribution in [1.82, 2.24) is 9.97 Å². The van der Waals surface area contributed by atoms with Gasteiger partial charge in [-0.3, -0.25) is 9.59 Å². The van der Waals surface area contributed by atoms with Crippen molar-refractivity contribution >= 4 is 51.0 Å². The molecule has 0 radical (unpaired) electrons. The second-order valence-electron chi connectivity index (χ2n) is 8.47. The molecule has 2 heterocycles. The number of nitrogens with two attached hydrogens (primary N) is 1. The van der Waals surface area contributed by atoms with Crippen LogP contribution in [0.15, 0.2) is 91.3 Å². The Balaban J connectivity index is 1.43. The zero-order valence-corrected chi connectivity index (χ0v) is 19.2. The number of hydrogen-bond acceptors (Lipinski definition) is 3. The van der Waals surface area contributed by atoms with Crippen LogP contribution in [0.5, 0.6) is 0 Å². The van der Waals surface area contributed by atoms with Gasteiger partial charge in [-0.05, 0) is 41.0 Å². The van der Waals surface area contributed by atoms with Crippen LogP contribution in [-0.2, 0) is 9.59 Å². The minimum absolute atomic E-state index is 0.129. The maximum atomic E-state index is 13.0. The van der Waals surface area contributed by atoms with E-state index in [0.717, 1.165) is 32.8 Å². The molecule has 0 aliphatic heterocycles. The molecule has 0 aliphatic carbocycles. The number of fused-ring (bicyclic) bond motifs is 2. The molecular formula is C29H24N4O2. The molecule has 4 N–H and O–H groups in total. The van der Waals surface area contributed by atoms with Crippen molar-refractivity contribution in [2.24, 2.45) is 5.73 Å². The summed E-state index contributed by atoms with van der Waals surface area (Å²) in [6.07, 6.45) is 5.12. The standard InChI is InChI=1S/C29H24N4O2/c1-18(21-12-11-19-7-5-6-10-22(19)13-21)29(35)33-24-15-26-23(16-31-28(26)32-17-24)14-25(27(30)34)20-8-3-2-4-9-20/h2-18H,1H3,(H2,30,34)(H,31,32)(H,33,35). The average molecular weight is 461 g/mol. The molecule has 2 amide bonds. The first-order valence-corrected chi connectivity index (χ1v) is 11.3. The van der Waals surface area contributed by atoms with E-state index in [2.05, 4.69) is 21.4 Å². The van der Waals surface area contributed by atoms with Crippen LogP contribution in [0.4, 0.5) is 5.69 Å². The van der Waals surface area contributed by atoms with E-state index in [4.69, 9.17) is 5.73 Å². The van der Waals surface area contributed by atoms with Crippen LogP contribution >= 0.6 is 0 Å². The van der Waals surface area contributed by atoms with E-state index < -0.39 is 5.91 Å². The second-order valence-corrected chi connectivity index (χ2v) is 8.47. The third-order valence-electron chi connectivity index (χ3n) is 6.15. The van der Waals surface area contributed by atoms with E-state index in [1.807, 2.05) is 79.7 Å². The maximum Gasteiger partial charge on any atom is 0.249 e. The van der Waals surface area contributed by atoms with E-state index in [0.29, 0.717) is 16.9 Å².